The van der Waals surface area contributed by atoms with Gasteiger partial charge in [-0.25, -0.2) is 4.98 Å². The predicted molar refractivity (Wildman–Crippen MR) is 112 cm³/mol. The molecule has 27 heavy (non-hydrogen) atoms. The largest absolute Gasteiger partial charge is 0.468 e. The average molecular weight is 400 g/mol. The molecule has 0 saturated carbocycles. The molecule has 0 aliphatic heterocycles. The molecule has 3 aromatic rings. The van der Waals surface area contributed by atoms with Gasteiger partial charge in [-0.1, -0.05) is 24.3 Å². The van der Waals surface area contributed by atoms with Gasteiger partial charge in [-0.3, -0.25) is 4.79 Å². The lowest BCUT2D eigenvalue weighted by atomic mass is 10.2. The molecule has 2 heterocycles. The van der Waals surface area contributed by atoms with E-state index in [2.05, 4.69) is 34.0 Å². The average Bonchev–Trinajstić information content (AvgIpc) is 3.29. The number of carbonyl (C=O) groups is 1. The monoisotopic (exact) mass is 399 g/mol. The number of esters is 1. The smallest absolute Gasteiger partial charge is 0.315 e. The first-order valence-electron chi connectivity index (χ1n) is 8.57. The van der Waals surface area contributed by atoms with Crippen molar-refractivity contribution in [2.75, 3.05) is 18.6 Å². The molecule has 2 aromatic heterocycles. The van der Waals surface area contributed by atoms with E-state index in [1.807, 2.05) is 37.3 Å². The molecule has 0 N–H and O–H groups in total. The number of oxazole rings is 1. The van der Waals surface area contributed by atoms with E-state index in [0.29, 0.717) is 11.6 Å². The van der Waals surface area contributed by atoms with E-state index in [1.165, 1.54) is 28.6 Å². The van der Waals surface area contributed by atoms with Crippen LogP contribution in [0.25, 0.3) is 17.5 Å². The van der Waals surface area contributed by atoms with Gasteiger partial charge in [-0.2, -0.15) is 0 Å². The van der Waals surface area contributed by atoms with E-state index < -0.39 is 0 Å². The Bertz CT molecular complexity index is 913. The minimum Gasteiger partial charge on any atom is -0.468 e. The molecule has 0 radical (unpaired) electrons. The first-order valence-corrected chi connectivity index (χ1v) is 10.5. The zero-order chi connectivity index (χ0) is 19.1. The van der Waals surface area contributed by atoms with Crippen molar-refractivity contribution in [3.63, 3.8) is 0 Å². The van der Waals surface area contributed by atoms with Crippen molar-refractivity contribution in [1.29, 1.82) is 0 Å². The molecule has 1 aromatic carbocycles. The van der Waals surface area contributed by atoms with Gasteiger partial charge in [0.15, 0.2) is 0 Å². The summed E-state index contributed by atoms with van der Waals surface area (Å²) in [5, 5.41) is 0. The highest BCUT2D eigenvalue weighted by Crippen LogP contribution is 2.26. The molecule has 3 rings (SSSR count). The van der Waals surface area contributed by atoms with Crippen molar-refractivity contribution >= 4 is 35.1 Å². The van der Waals surface area contributed by atoms with Crippen LogP contribution in [0.2, 0.25) is 0 Å². The Morgan fingerprint density at radius 2 is 2.07 bits per heavy atom. The quantitative estimate of drug-likeness (QED) is 0.384. The minimum atomic E-state index is -0.190. The molecule has 0 saturated heterocycles. The second-order valence-corrected chi connectivity index (χ2v) is 8.09. The summed E-state index contributed by atoms with van der Waals surface area (Å²) in [6.07, 6.45) is 4.92. The number of ether oxygens (including phenoxy) is 1. The summed E-state index contributed by atoms with van der Waals surface area (Å²) in [6.45, 7) is 1.96. The van der Waals surface area contributed by atoms with Crippen LogP contribution in [0.15, 0.2) is 53.0 Å². The maximum absolute atomic E-state index is 11.1. The Balaban J connectivity index is 1.58. The molecule has 0 amide bonds. The third-order valence-corrected chi connectivity index (χ3v) is 5.80. The van der Waals surface area contributed by atoms with Gasteiger partial charge in [0.2, 0.25) is 5.89 Å². The molecule has 0 atom stereocenters. The highest BCUT2D eigenvalue weighted by molar-refractivity contribution is 8.00. The first-order chi connectivity index (χ1) is 13.2. The summed E-state index contributed by atoms with van der Waals surface area (Å²) >= 11 is 3.28. The molecular weight excluding hydrogens is 378 g/mol. The van der Waals surface area contributed by atoms with Crippen molar-refractivity contribution in [3.8, 4) is 11.5 Å². The molecule has 4 nitrogen and oxygen atoms in total. The Hall–Kier alpha value is -2.31. The molecule has 0 aliphatic rings. The van der Waals surface area contributed by atoms with Crippen molar-refractivity contribution in [1.82, 2.24) is 4.98 Å². The standard InChI is InChI=1S/C21H21NO3S2/c1-15-19(22-21(25-15)16-7-4-3-5-8-16)13-18-11-10-17(27-18)9-6-12-26-14-20(23)24-2/h3-11H,12-14H2,1-2H3/b9-6+. The second-order valence-electron chi connectivity index (χ2n) is 5.86. The number of benzene rings is 1. The van der Waals surface area contributed by atoms with E-state index in [-0.39, 0.29) is 5.97 Å². The van der Waals surface area contributed by atoms with Crippen LogP contribution < -0.4 is 0 Å². The summed E-state index contributed by atoms with van der Waals surface area (Å²) in [5.41, 5.74) is 1.96. The molecule has 0 aliphatic carbocycles. The topological polar surface area (TPSA) is 52.3 Å². The van der Waals surface area contributed by atoms with Gasteiger partial charge < -0.3 is 9.15 Å². The predicted octanol–water partition coefficient (Wildman–Crippen LogP) is 5.22. The molecule has 140 valence electrons. The number of nitrogens with zero attached hydrogens (tertiary/aromatic N) is 1. The third kappa shape index (κ3) is 5.58. The maximum atomic E-state index is 11.1. The van der Waals surface area contributed by atoms with Crippen molar-refractivity contribution in [2.24, 2.45) is 0 Å². The van der Waals surface area contributed by atoms with Crippen molar-refractivity contribution in [2.45, 2.75) is 13.3 Å². The summed E-state index contributed by atoms with van der Waals surface area (Å²) < 4.78 is 10.5. The molecule has 6 heteroatoms. The third-order valence-electron chi connectivity index (χ3n) is 3.88. The van der Waals surface area contributed by atoms with Crippen LogP contribution in [0.3, 0.4) is 0 Å². The zero-order valence-electron chi connectivity index (χ0n) is 15.3. The van der Waals surface area contributed by atoms with E-state index in [1.54, 1.807) is 11.3 Å². The summed E-state index contributed by atoms with van der Waals surface area (Å²) in [5.74, 6) is 2.50. The number of rotatable bonds is 8. The normalized spacial score (nSPS) is 11.2. The molecule has 0 unspecified atom stereocenters. The number of hydrogen-bond acceptors (Lipinski definition) is 6. The van der Waals surface area contributed by atoms with Crippen molar-refractivity contribution in [3.05, 3.63) is 69.7 Å². The lowest BCUT2D eigenvalue weighted by Gasteiger charge is -1.95. The van der Waals surface area contributed by atoms with Gasteiger partial charge in [0.1, 0.15) is 5.76 Å². The van der Waals surface area contributed by atoms with E-state index >= 15 is 0 Å². The van der Waals surface area contributed by atoms with Crippen molar-refractivity contribution < 1.29 is 13.9 Å². The first kappa shape index (κ1) is 19.5. The number of thiophene rings is 1. The van der Waals surface area contributed by atoms with Crippen LogP contribution in [-0.4, -0.2) is 29.6 Å². The lowest BCUT2D eigenvalue weighted by molar-refractivity contribution is -0.137. The van der Waals surface area contributed by atoms with Gasteiger partial charge in [0.05, 0.1) is 18.6 Å². The highest BCUT2D eigenvalue weighted by atomic mass is 32.2. The number of carbonyl (C=O) groups excluding carboxylic acids is 1. The fourth-order valence-corrected chi connectivity index (χ4v) is 4.06. The van der Waals surface area contributed by atoms with Gasteiger partial charge in [0, 0.05) is 27.5 Å². The van der Waals surface area contributed by atoms with Crippen LogP contribution in [-0.2, 0) is 16.0 Å². The van der Waals surface area contributed by atoms with Crippen LogP contribution in [0.1, 0.15) is 21.2 Å². The number of hydrogen-bond donors (Lipinski definition) is 0. The molecule has 0 spiro atoms. The maximum Gasteiger partial charge on any atom is 0.315 e. The number of thioether (sulfide) groups is 1. The van der Waals surface area contributed by atoms with E-state index in [4.69, 9.17) is 4.42 Å². The summed E-state index contributed by atoms with van der Waals surface area (Å²) in [6, 6.07) is 14.2. The Morgan fingerprint density at radius 1 is 1.26 bits per heavy atom. The fourth-order valence-electron chi connectivity index (χ4n) is 2.47. The van der Waals surface area contributed by atoms with Gasteiger partial charge in [0.25, 0.3) is 0 Å². The molecule has 0 fully saturated rings. The number of aromatic nitrogens is 1. The summed E-state index contributed by atoms with van der Waals surface area (Å²) in [7, 11) is 1.41. The van der Waals surface area contributed by atoms with Gasteiger partial charge in [-0.05, 0) is 37.3 Å². The fraction of sp³-hybridized carbons (Fsp3) is 0.238. The van der Waals surface area contributed by atoms with Gasteiger partial charge >= 0.3 is 5.97 Å². The van der Waals surface area contributed by atoms with Crippen LogP contribution in [0, 0.1) is 6.92 Å². The van der Waals surface area contributed by atoms with E-state index in [9.17, 15) is 4.79 Å². The van der Waals surface area contributed by atoms with Crippen LogP contribution in [0.5, 0.6) is 0 Å². The SMILES string of the molecule is COC(=O)CSC/C=C/c1ccc(Cc2nc(-c3ccccc3)oc2C)s1. The molecular formula is C21H21NO3S2. The lowest BCUT2D eigenvalue weighted by Crippen LogP contribution is -2.03. The Morgan fingerprint density at radius 3 is 2.85 bits per heavy atom. The highest BCUT2D eigenvalue weighted by Gasteiger charge is 2.12. The Labute approximate surface area is 167 Å². The number of aryl methyl sites for hydroxylation is 1. The number of methoxy groups -OCH3 is 1. The zero-order valence-corrected chi connectivity index (χ0v) is 16.9. The van der Waals surface area contributed by atoms with E-state index in [0.717, 1.165) is 29.2 Å². The van der Waals surface area contributed by atoms with Gasteiger partial charge in [-0.15, -0.1) is 23.1 Å². The van der Waals surface area contributed by atoms with Crippen LogP contribution in [0.4, 0.5) is 0 Å². The molecule has 0 bridgehead atoms. The second kappa shape index (κ2) is 9.58. The minimum absolute atomic E-state index is 0.190. The Kier molecular flexibility index (Phi) is 6.90. The van der Waals surface area contributed by atoms with Crippen LogP contribution >= 0.6 is 23.1 Å². The summed E-state index contributed by atoms with van der Waals surface area (Å²) in [4.78, 5) is 18.2.